The number of benzene rings is 5. The Morgan fingerprint density at radius 2 is 1.22 bits per heavy atom. The van der Waals surface area contributed by atoms with Gasteiger partial charge in [-0.2, -0.15) is 30.3 Å². The maximum Gasteiger partial charge on any atom is 1.00 e. The van der Waals surface area contributed by atoms with Crippen molar-refractivity contribution in [3.05, 3.63) is 174 Å². The summed E-state index contributed by atoms with van der Waals surface area (Å²) in [6.45, 7) is 1.98. The van der Waals surface area contributed by atoms with Gasteiger partial charge < -0.3 is 67.8 Å². The van der Waals surface area contributed by atoms with E-state index in [9.17, 15) is 24.0 Å². The van der Waals surface area contributed by atoms with Gasteiger partial charge in [0.05, 0.1) is 60.1 Å². The fraction of sp³-hybridized carbons (Fsp3) is 0.304. The van der Waals surface area contributed by atoms with Crippen LogP contribution in [0.3, 0.4) is 0 Å². The Bertz CT molecular complexity index is 2600. The molecule has 2 N–H and O–H groups in total. The van der Waals surface area contributed by atoms with Crippen LogP contribution in [0.4, 0.5) is 0 Å². The number of hydrogen-bond acceptors (Lipinski definition) is 19. The second kappa shape index (κ2) is 37.8. The molecule has 0 aromatic heterocycles. The van der Waals surface area contributed by atoms with Gasteiger partial charge in [-0.05, 0) is 24.6 Å². The molecule has 0 saturated heterocycles. The molecule has 0 aliphatic carbocycles. The van der Waals surface area contributed by atoms with E-state index in [0.717, 1.165) is 28.7 Å². The van der Waals surface area contributed by atoms with Crippen LogP contribution >= 0.6 is 0 Å². The van der Waals surface area contributed by atoms with E-state index < -0.39 is 36.3 Å². The van der Waals surface area contributed by atoms with Gasteiger partial charge in [-0.1, -0.05) is 61.5 Å². The molecule has 0 amide bonds. The summed E-state index contributed by atoms with van der Waals surface area (Å²) in [4.78, 5) is 57.5. The summed E-state index contributed by atoms with van der Waals surface area (Å²) in [5, 5.41) is 0. The first-order valence-corrected chi connectivity index (χ1v) is 22.5. The molecule has 404 valence electrons. The van der Waals surface area contributed by atoms with Crippen LogP contribution in [0.2, 0.25) is 0 Å². The molecule has 21 heteroatoms. The van der Waals surface area contributed by atoms with Crippen molar-refractivity contribution in [3.8, 4) is 17.2 Å². The number of esters is 5. The zero-order valence-electron chi connectivity index (χ0n) is 45.2. The van der Waals surface area contributed by atoms with Crippen molar-refractivity contribution in [1.29, 1.82) is 0 Å². The summed E-state index contributed by atoms with van der Waals surface area (Å²) in [5.41, 5.74) is 4.71. The third kappa shape index (κ3) is 19.5. The number of ether oxygens (including phenoxy) is 12. The SMILES string of the molecule is CCC(OC)C(C(=O)OC)c1[c-]cccc1.CO/C=C(/C(=O)OC)c1[c-]cccc1.CO/C=C1/C(=O)Oc2ccccc21.COC(=O)C1c2ccccc2OC1OC.COC(OC)C1C(=O)Oc2ccccc21.[Na+].[Na+].[OH-].[OH-]. The molecule has 0 radical (unpaired) electrons. The zero-order chi connectivity index (χ0) is 53.3. The van der Waals surface area contributed by atoms with Gasteiger partial charge >= 0.3 is 83.0 Å². The van der Waals surface area contributed by atoms with Crippen LogP contribution in [0.1, 0.15) is 58.9 Å². The number of para-hydroxylation sites is 3. The average molecular weight is 1090 g/mol. The minimum absolute atomic E-state index is 0. The quantitative estimate of drug-likeness (QED) is 0.0224. The third-order valence-electron chi connectivity index (χ3n) is 11.0. The molecule has 5 unspecified atom stereocenters. The second-order valence-corrected chi connectivity index (χ2v) is 15.2. The first kappa shape index (κ1) is 71.1. The summed E-state index contributed by atoms with van der Waals surface area (Å²) in [5.74, 6) is -1.26. The van der Waals surface area contributed by atoms with E-state index in [1.54, 1.807) is 37.4 Å². The number of methoxy groups -OCH3 is 9. The molecule has 0 spiro atoms. The number of carbonyl (C=O) groups excluding carboxylic acids is 5. The maximum atomic E-state index is 11.7. The van der Waals surface area contributed by atoms with Crippen LogP contribution in [0, 0.1) is 12.1 Å². The molecule has 0 bridgehead atoms. The Hall–Kier alpha value is -5.91. The summed E-state index contributed by atoms with van der Waals surface area (Å²) in [6.07, 6.45) is 2.13. The molecular weight excluding hydrogens is 1020 g/mol. The van der Waals surface area contributed by atoms with Crippen molar-refractivity contribution >= 4 is 41.0 Å². The molecule has 3 aliphatic rings. The summed E-state index contributed by atoms with van der Waals surface area (Å²) in [7, 11) is 13.2. The van der Waals surface area contributed by atoms with Gasteiger partial charge in [0, 0.05) is 50.7 Å². The van der Waals surface area contributed by atoms with E-state index in [-0.39, 0.29) is 100 Å². The summed E-state index contributed by atoms with van der Waals surface area (Å²) in [6, 6.07) is 42.4. The van der Waals surface area contributed by atoms with Crippen molar-refractivity contribution in [2.45, 2.75) is 49.8 Å². The van der Waals surface area contributed by atoms with Gasteiger partial charge in [0.25, 0.3) is 5.97 Å². The molecule has 77 heavy (non-hydrogen) atoms. The monoisotopic (exact) mass is 1080 g/mol. The van der Waals surface area contributed by atoms with Gasteiger partial charge in [-0.25, -0.2) is 4.79 Å². The first-order valence-electron chi connectivity index (χ1n) is 22.5. The van der Waals surface area contributed by atoms with E-state index in [1.807, 2.05) is 97.9 Å². The predicted molar refractivity (Wildman–Crippen MR) is 270 cm³/mol. The van der Waals surface area contributed by atoms with Crippen LogP contribution in [-0.4, -0.2) is 123 Å². The molecular formula is C56H62Na2O19-2. The van der Waals surface area contributed by atoms with Gasteiger partial charge in [-0.15, -0.1) is 41.5 Å². The number of rotatable bonds is 14. The Labute approximate surface area is 493 Å². The van der Waals surface area contributed by atoms with Crippen molar-refractivity contribution < 1.29 is 151 Å². The average Bonchev–Trinajstić information content (AvgIpc) is 4.09. The van der Waals surface area contributed by atoms with Gasteiger partial charge in [0.1, 0.15) is 34.7 Å². The van der Waals surface area contributed by atoms with E-state index in [0.29, 0.717) is 34.0 Å². The van der Waals surface area contributed by atoms with E-state index >= 15 is 0 Å². The van der Waals surface area contributed by atoms with E-state index in [4.69, 9.17) is 52.1 Å². The third-order valence-corrected chi connectivity index (χ3v) is 11.0. The van der Waals surface area contributed by atoms with E-state index in [1.165, 1.54) is 69.4 Å². The standard InChI is InChI=1S/C13H17O3.2C11H12O4.C11H11O3.C10H8O3.2Na.2H2O/c1-4-11(15-2)12(13(14)16-3)10-8-6-5-7-9-10;1-13-11(14-2)9-7-5-3-4-6-8(7)15-10(9)12;1-13-10(12)9-7-5-3-4-6-8(7)15-11(9)14-2;1-13-8-10(11(12)14-2)9-6-4-3-5-7-9;1-12-6-8-7-4-2-3-5-9(7)13-10(8)11;;;;/h5-8,11-12H,4H2,1-3H3;2*3-6,9,11H,1-2H3;3-6,8H,1-2H3;2-6H,1H3;;;2*1H2/q-1;;;-1;;2*+1;;/p-2/b;;;10-8+;8-6+;;;;. The molecule has 5 aromatic carbocycles. The number of carbonyl (C=O) groups is 5. The Morgan fingerprint density at radius 1 is 0.636 bits per heavy atom. The Balaban J connectivity index is 0.000000927. The second-order valence-electron chi connectivity index (χ2n) is 15.2. The minimum Gasteiger partial charge on any atom is -0.870 e. The van der Waals surface area contributed by atoms with Crippen molar-refractivity contribution in [1.82, 2.24) is 0 Å². The summed E-state index contributed by atoms with van der Waals surface area (Å²) < 4.78 is 59.9. The largest absolute Gasteiger partial charge is 1.00 e. The molecule has 19 nitrogen and oxygen atoms in total. The van der Waals surface area contributed by atoms with Crippen molar-refractivity contribution in [2.24, 2.45) is 0 Å². The van der Waals surface area contributed by atoms with Gasteiger partial charge in [-0.3, -0.25) is 19.2 Å². The fourth-order valence-electron chi connectivity index (χ4n) is 7.52. The first-order chi connectivity index (χ1) is 35.4. The molecule has 3 heterocycles. The maximum absolute atomic E-state index is 11.7. The van der Waals surface area contributed by atoms with Gasteiger partial charge in [0.2, 0.25) is 6.29 Å². The Morgan fingerprint density at radius 3 is 1.74 bits per heavy atom. The topological polar surface area (TPSA) is 256 Å². The molecule has 0 saturated carbocycles. The molecule has 8 rings (SSSR count). The summed E-state index contributed by atoms with van der Waals surface area (Å²) >= 11 is 0. The van der Waals surface area contributed by atoms with Crippen LogP contribution < -0.4 is 73.3 Å². The zero-order valence-corrected chi connectivity index (χ0v) is 49.2. The van der Waals surface area contributed by atoms with Gasteiger partial charge in [0.15, 0.2) is 6.29 Å². The number of fused-ring (bicyclic) bond motifs is 3. The van der Waals surface area contributed by atoms with Crippen LogP contribution in [0.5, 0.6) is 17.2 Å². The normalized spacial score (nSPS) is 16.0. The van der Waals surface area contributed by atoms with Crippen LogP contribution in [0.25, 0.3) is 11.1 Å². The Kier molecular flexibility index (Phi) is 34.9. The molecule has 5 aromatic rings. The smallest absolute Gasteiger partial charge is 0.870 e. The minimum atomic E-state index is -0.596. The number of hydrogen-bond donors (Lipinski definition) is 0. The van der Waals surface area contributed by atoms with E-state index in [2.05, 4.69) is 16.9 Å². The molecule has 3 aliphatic heterocycles. The van der Waals surface area contributed by atoms with Crippen LogP contribution in [-0.2, 0) is 66.6 Å². The molecule has 5 atom stereocenters. The molecule has 0 fully saturated rings. The predicted octanol–water partition coefficient (Wildman–Crippen LogP) is 1.68. The van der Waals surface area contributed by atoms with Crippen molar-refractivity contribution in [2.75, 3.05) is 64.0 Å². The van der Waals surface area contributed by atoms with Crippen LogP contribution in [0.15, 0.2) is 134 Å². The van der Waals surface area contributed by atoms with Crippen molar-refractivity contribution in [3.63, 3.8) is 0 Å². The fourth-order valence-corrected chi connectivity index (χ4v) is 7.52.